The first-order valence-corrected chi connectivity index (χ1v) is 10.6. The summed E-state index contributed by atoms with van der Waals surface area (Å²) < 4.78 is 0.954. The van der Waals surface area contributed by atoms with E-state index < -0.39 is 0 Å². The Hall–Kier alpha value is 0.470. The normalized spacial score (nSPS) is 56.2. The van der Waals surface area contributed by atoms with Crippen LogP contribution in [0.5, 0.6) is 0 Å². The topological polar surface area (TPSA) is 0 Å². The molecule has 0 saturated heterocycles. The Morgan fingerprint density at radius 3 is 2.57 bits per heavy atom. The Labute approximate surface area is 144 Å². The van der Waals surface area contributed by atoms with Gasteiger partial charge >= 0.3 is 0 Å². The van der Waals surface area contributed by atoms with Gasteiger partial charge in [-0.3, -0.25) is 0 Å². The number of alkyl halides is 1. The van der Waals surface area contributed by atoms with Gasteiger partial charge in [-0.15, -0.1) is 6.58 Å². The zero-order valence-corrected chi connectivity index (χ0v) is 15.7. The standard InChI is InChI=1S/C20H31I/c1-3-13-4-6-15-14(12-13)5-7-17-16(15)10-11-20(2)18(17)8-9-19(20)21/h3,13-19H,1,4-12H2,2H3/t13?,14?,15-,16+,17+,18-,19+,20-/m0/s1. The predicted molar refractivity (Wildman–Crippen MR) is 98.6 cm³/mol. The summed E-state index contributed by atoms with van der Waals surface area (Å²) in [6.45, 7) is 6.70. The molecular formula is C20H31I. The van der Waals surface area contributed by atoms with E-state index in [4.69, 9.17) is 0 Å². The molecule has 0 aromatic carbocycles. The Bertz CT molecular complexity index is 416. The summed E-state index contributed by atoms with van der Waals surface area (Å²) in [6.07, 6.45) is 15.9. The molecule has 0 nitrogen and oxygen atoms in total. The van der Waals surface area contributed by atoms with Crippen LogP contribution in [0.15, 0.2) is 12.7 Å². The number of fused-ring (bicyclic) bond motifs is 5. The molecule has 4 aliphatic rings. The zero-order valence-electron chi connectivity index (χ0n) is 13.6. The third kappa shape index (κ3) is 2.27. The molecule has 4 aliphatic carbocycles. The van der Waals surface area contributed by atoms with Crippen LogP contribution in [0.25, 0.3) is 0 Å². The minimum absolute atomic E-state index is 0.687. The lowest BCUT2D eigenvalue weighted by Gasteiger charge is -2.56. The van der Waals surface area contributed by atoms with Crippen LogP contribution in [0, 0.1) is 40.9 Å². The molecular weight excluding hydrogens is 367 g/mol. The van der Waals surface area contributed by atoms with Crippen molar-refractivity contribution in [2.45, 2.75) is 68.6 Å². The van der Waals surface area contributed by atoms with Crippen LogP contribution in [0.1, 0.15) is 64.7 Å². The van der Waals surface area contributed by atoms with Crippen LogP contribution < -0.4 is 0 Å². The third-order valence-electron chi connectivity index (χ3n) is 8.21. The average Bonchev–Trinajstić information content (AvgIpc) is 2.82. The predicted octanol–water partition coefficient (Wildman–Crippen LogP) is 6.24. The van der Waals surface area contributed by atoms with Crippen molar-refractivity contribution in [3.05, 3.63) is 12.7 Å². The van der Waals surface area contributed by atoms with Crippen LogP contribution in [0.3, 0.4) is 0 Å². The summed E-state index contributed by atoms with van der Waals surface area (Å²) in [5, 5.41) is 0. The molecule has 0 heterocycles. The van der Waals surface area contributed by atoms with Crippen molar-refractivity contribution in [1.29, 1.82) is 0 Å². The fourth-order valence-electron chi connectivity index (χ4n) is 7.04. The summed E-state index contributed by atoms with van der Waals surface area (Å²) in [5.74, 6) is 6.21. The van der Waals surface area contributed by atoms with Crippen molar-refractivity contribution in [2.75, 3.05) is 0 Å². The summed E-state index contributed by atoms with van der Waals surface area (Å²) in [7, 11) is 0. The fraction of sp³-hybridized carbons (Fsp3) is 0.900. The molecule has 0 aromatic rings. The molecule has 21 heavy (non-hydrogen) atoms. The lowest BCUT2D eigenvalue weighted by Crippen LogP contribution is -2.48. The van der Waals surface area contributed by atoms with E-state index in [1.807, 2.05) is 0 Å². The van der Waals surface area contributed by atoms with Crippen molar-refractivity contribution in [3.63, 3.8) is 0 Å². The van der Waals surface area contributed by atoms with Gasteiger partial charge in [0.1, 0.15) is 0 Å². The van der Waals surface area contributed by atoms with Crippen LogP contribution in [-0.4, -0.2) is 3.92 Å². The molecule has 0 spiro atoms. The van der Waals surface area contributed by atoms with Crippen molar-refractivity contribution in [3.8, 4) is 0 Å². The number of rotatable bonds is 1. The molecule has 0 aliphatic heterocycles. The molecule has 4 fully saturated rings. The van der Waals surface area contributed by atoms with E-state index >= 15 is 0 Å². The second-order valence-electron chi connectivity index (χ2n) is 8.83. The van der Waals surface area contributed by atoms with Crippen molar-refractivity contribution in [2.24, 2.45) is 40.9 Å². The van der Waals surface area contributed by atoms with E-state index in [9.17, 15) is 0 Å². The second kappa shape index (κ2) is 5.53. The van der Waals surface area contributed by atoms with Gasteiger partial charge in [0, 0.05) is 3.92 Å². The molecule has 0 N–H and O–H groups in total. The van der Waals surface area contributed by atoms with Gasteiger partial charge < -0.3 is 0 Å². The van der Waals surface area contributed by atoms with E-state index in [1.54, 1.807) is 12.8 Å². The Morgan fingerprint density at radius 1 is 0.952 bits per heavy atom. The summed E-state index contributed by atoms with van der Waals surface area (Å²) in [4.78, 5) is 0. The highest BCUT2D eigenvalue weighted by Gasteiger charge is 2.56. The van der Waals surface area contributed by atoms with Gasteiger partial charge in [-0.25, -0.2) is 0 Å². The van der Waals surface area contributed by atoms with Crippen LogP contribution in [-0.2, 0) is 0 Å². The first kappa shape index (κ1) is 15.0. The Morgan fingerprint density at radius 2 is 1.76 bits per heavy atom. The van der Waals surface area contributed by atoms with Gasteiger partial charge in [-0.1, -0.05) is 35.6 Å². The second-order valence-corrected chi connectivity index (χ2v) is 10.3. The first-order chi connectivity index (χ1) is 10.1. The molecule has 0 bridgehead atoms. The quantitative estimate of drug-likeness (QED) is 0.278. The minimum Gasteiger partial charge on any atom is -0.103 e. The minimum atomic E-state index is 0.687. The molecule has 8 atom stereocenters. The number of halogens is 1. The van der Waals surface area contributed by atoms with E-state index in [2.05, 4.69) is 42.2 Å². The molecule has 0 aromatic heterocycles. The molecule has 118 valence electrons. The third-order valence-corrected chi connectivity index (χ3v) is 10.3. The van der Waals surface area contributed by atoms with Crippen LogP contribution in [0.2, 0.25) is 0 Å². The van der Waals surface area contributed by atoms with Crippen molar-refractivity contribution >= 4 is 22.6 Å². The molecule has 0 radical (unpaired) electrons. The van der Waals surface area contributed by atoms with Crippen molar-refractivity contribution in [1.82, 2.24) is 0 Å². The van der Waals surface area contributed by atoms with Crippen LogP contribution >= 0.6 is 22.6 Å². The summed E-state index contributed by atoms with van der Waals surface area (Å²) in [5.41, 5.74) is 0.687. The number of hydrogen-bond donors (Lipinski definition) is 0. The lowest BCUT2D eigenvalue weighted by atomic mass is 9.50. The highest BCUT2D eigenvalue weighted by Crippen LogP contribution is 2.64. The molecule has 4 rings (SSSR count). The van der Waals surface area contributed by atoms with Crippen molar-refractivity contribution < 1.29 is 0 Å². The van der Waals surface area contributed by atoms with E-state index in [0.29, 0.717) is 5.41 Å². The highest BCUT2D eigenvalue weighted by molar-refractivity contribution is 14.1. The van der Waals surface area contributed by atoms with Gasteiger partial charge in [0.2, 0.25) is 0 Å². The first-order valence-electron chi connectivity index (χ1n) is 9.40. The maximum atomic E-state index is 4.06. The van der Waals surface area contributed by atoms with Gasteiger partial charge in [-0.2, -0.15) is 0 Å². The average molecular weight is 398 g/mol. The zero-order chi connectivity index (χ0) is 14.6. The molecule has 1 heteroatoms. The number of hydrogen-bond acceptors (Lipinski definition) is 0. The van der Waals surface area contributed by atoms with Gasteiger partial charge in [0.05, 0.1) is 0 Å². The Kier molecular flexibility index (Phi) is 3.95. The molecule has 2 unspecified atom stereocenters. The maximum Gasteiger partial charge on any atom is 0.0166 e. The lowest BCUT2D eigenvalue weighted by molar-refractivity contribution is -0.0514. The summed E-state index contributed by atoms with van der Waals surface area (Å²) in [6, 6.07) is 0. The number of allylic oxidation sites excluding steroid dienone is 1. The highest BCUT2D eigenvalue weighted by atomic mass is 127. The largest absolute Gasteiger partial charge is 0.103 e. The fourth-order valence-corrected chi connectivity index (χ4v) is 8.17. The monoisotopic (exact) mass is 398 g/mol. The van der Waals surface area contributed by atoms with E-state index in [-0.39, 0.29) is 0 Å². The Balaban J connectivity index is 1.54. The SMILES string of the molecule is C=CC1CC[C@H]2C(CC[C@@H]3[C@@H]2CC[C@]2(C)[C@H](I)CC[C@@H]32)C1. The van der Waals surface area contributed by atoms with Gasteiger partial charge in [0.15, 0.2) is 0 Å². The maximum absolute atomic E-state index is 4.06. The molecule has 4 saturated carbocycles. The van der Waals surface area contributed by atoms with Gasteiger partial charge in [0.25, 0.3) is 0 Å². The molecule has 0 amide bonds. The van der Waals surface area contributed by atoms with Gasteiger partial charge in [-0.05, 0) is 98.7 Å². The van der Waals surface area contributed by atoms with E-state index in [0.717, 1.165) is 39.4 Å². The van der Waals surface area contributed by atoms with Crippen LogP contribution in [0.4, 0.5) is 0 Å². The summed E-state index contributed by atoms with van der Waals surface area (Å²) >= 11 is 2.78. The van der Waals surface area contributed by atoms with E-state index in [1.165, 1.54) is 44.9 Å². The smallest absolute Gasteiger partial charge is 0.0166 e.